The Morgan fingerprint density at radius 2 is 2.27 bits per heavy atom. The van der Waals surface area contributed by atoms with Crippen molar-refractivity contribution in [1.29, 1.82) is 0 Å². The van der Waals surface area contributed by atoms with E-state index < -0.39 is 0 Å². The molecule has 0 spiro atoms. The van der Waals surface area contributed by atoms with Gasteiger partial charge in [-0.1, -0.05) is 43.4 Å². The number of allylic oxidation sites excluding steroid dienone is 1. The lowest BCUT2D eigenvalue weighted by Crippen LogP contribution is -2.31. The largest absolute Gasteiger partial charge is 0.490 e. The average molecular weight is 299 g/mol. The van der Waals surface area contributed by atoms with Gasteiger partial charge in [0.2, 0.25) is 0 Å². The van der Waals surface area contributed by atoms with Gasteiger partial charge in [-0.3, -0.25) is 4.79 Å². The molecule has 2 rings (SSSR count). The van der Waals surface area contributed by atoms with Crippen molar-refractivity contribution in [2.24, 2.45) is 5.92 Å². The van der Waals surface area contributed by atoms with Crippen LogP contribution in [0.4, 0.5) is 0 Å². The van der Waals surface area contributed by atoms with Crippen molar-refractivity contribution in [1.82, 2.24) is 4.90 Å². The SMILES string of the molecule is C=CCOc1cccc(C(=O)C(C)CN(C)CC2=CCC2)c1. The van der Waals surface area contributed by atoms with Crippen LogP contribution in [0.3, 0.4) is 0 Å². The standard InChI is InChI=1S/C19H25NO2/c1-4-11-22-18-10-6-9-17(12-18)19(21)15(2)13-20(3)14-16-7-5-8-16/h4,6-7,9-10,12,15H,1,5,8,11,13-14H2,2-3H3. The van der Waals surface area contributed by atoms with Crippen LogP contribution < -0.4 is 4.74 Å². The van der Waals surface area contributed by atoms with Crippen molar-refractivity contribution >= 4 is 5.78 Å². The fourth-order valence-corrected chi connectivity index (χ4v) is 2.63. The van der Waals surface area contributed by atoms with E-state index >= 15 is 0 Å². The van der Waals surface area contributed by atoms with Crippen LogP contribution in [0.15, 0.2) is 48.6 Å². The van der Waals surface area contributed by atoms with Crippen LogP contribution in [0.5, 0.6) is 5.75 Å². The molecule has 1 aromatic carbocycles. The minimum absolute atomic E-state index is 0.0275. The Balaban J connectivity index is 1.92. The summed E-state index contributed by atoms with van der Waals surface area (Å²) in [5.74, 6) is 0.852. The summed E-state index contributed by atoms with van der Waals surface area (Å²) in [6.07, 6.45) is 6.38. The van der Waals surface area contributed by atoms with Crippen LogP contribution in [0.25, 0.3) is 0 Å². The van der Waals surface area contributed by atoms with E-state index in [1.165, 1.54) is 18.4 Å². The Morgan fingerprint density at radius 3 is 2.91 bits per heavy atom. The van der Waals surface area contributed by atoms with Crippen LogP contribution in [0.1, 0.15) is 30.1 Å². The highest BCUT2D eigenvalue weighted by atomic mass is 16.5. The van der Waals surface area contributed by atoms with Crippen molar-refractivity contribution in [2.45, 2.75) is 19.8 Å². The molecule has 0 N–H and O–H groups in total. The molecule has 0 fully saturated rings. The molecule has 3 nitrogen and oxygen atoms in total. The summed E-state index contributed by atoms with van der Waals surface area (Å²) < 4.78 is 5.49. The van der Waals surface area contributed by atoms with Crippen LogP contribution in [-0.4, -0.2) is 37.4 Å². The monoisotopic (exact) mass is 299 g/mol. The van der Waals surface area contributed by atoms with Gasteiger partial charge in [0.25, 0.3) is 0 Å². The number of hydrogen-bond acceptors (Lipinski definition) is 3. The first-order valence-corrected chi connectivity index (χ1v) is 7.84. The Kier molecular flexibility index (Phi) is 5.96. The molecule has 0 saturated heterocycles. The van der Waals surface area contributed by atoms with E-state index in [4.69, 9.17) is 4.74 Å². The number of benzene rings is 1. The maximum Gasteiger partial charge on any atom is 0.167 e. The number of nitrogens with zero attached hydrogens (tertiary/aromatic N) is 1. The van der Waals surface area contributed by atoms with Crippen LogP contribution in [0.2, 0.25) is 0 Å². The highest BCUT2D eigenvalue weighted by molar-refractivity contribution is 5.98. The second-order valence-corrected chi connectivity index (χ2v) is 5.99. The molecule has 0 amide bonds. The molecule has 1 aliphatic carbocycles. The number of ether oxygens (including phenoxy) is 1. The molecule has 1 aromatic rings. The van der Waals surface area contributed by atoms with Gasteiger partial charge in [-0.15, -0.1) is 0 Å². The van der Waals surface area contributed by atoms with E-state index in [1.807, 2.05) is 31.2 Å². The minimum atomic E-state index is -0.0275. The van der Waals surface area contributed by atoms with Crippen molar-refractivity contribution in [2.75, 3.05) is 26.7 Å². The van der Waals surface area contributed by atoms with Gasteiger partial charge in [-0.25, -0.2) is 0 Å². The zero-order chi connectivity index (χ0) is 15.9. The molecule has 0 aromatic heterocycles. The maximum atomic E-state index is 12.6. The van der Waals surface area contributed by atoms with Crippen molar-refractivity contribution in [3.05, 3.63) is 54.1 Å². The third-order valence-corrected chi connectivity index (χ3v) is 3.89. The molecular weight excluding hydrogens is 274 g/mol. The molecule has 1 atom stereocenters. The predicted molar refractivity (Wildman–Crippen MR) is 90.4 cm³/mol. The van der Waals surface area contributed by atoms with Gasteiger partial charge < -0.3 is 9.64 Å². The summed E-state index contributed by atoms with van der Waals surface area (Å²) in [4.78, 5) is 14.8. The molecule has 22 heavy (non-hydrogen) atoms. The number of rotatable bonds is 9. The number of likely N-dealkylation sites (N-methyl/N-ethyl adjacent to an activating group) is 1. The summed E-state index contributed by atoms with van der Waals surface area (Å²) in [6, 6.07) is 7.40. The topological polar surface area (TPSA) is 29.5 Å². The number of Topliss-reactive ketones (excluding diaryl/α,β-unsaturated/α-hetero) is 1. The third-order valence-electron chi connectivity index (χ3n) is 3.89. The van der Waals surface area contributed by atoms with Crippen molar-refractivity contribution in [3.8, 4) is 5.75 Å². The number of ketones is 1. The zero-order valence-corrected chi connectivity index (χ0v) is 13.5. The minimum Gasteiger partial charge on any atom is -0.490 e. The first-order chi connectivity index (χ1) is 10.6. The van der Waals surface area contributed by atoms with E-state index in [0.29, 0.717) is 17.9 Å². The smallest absolute Gasteiger partial charge is 0.167 e. The molecule has 1 unspecified atom stereocenters. The van der Waals surface area contributed by atoms with E-state index in [9.17, 15) is 4.79 Å². The van der Waals surface area contributed by atoms with Gasteiger partial charge in [0.1, 0.15) is 12.4 Å². The molecule has 3 heteroatoms. The fraction of sp³-hybridized carbons (Fsp3) is 0.421. The van der Waals surface area contributed by atoms with E-state index in [1.54, 1.807) is 6.08 Å². The molecular formula is C19H25NO2. The lowest BCUT2D eigenvalue weighted by molar-refractivity contribution is 0.0905. The predicted octanol–water partition coefficient (Wildman–Crippen LogP) is 3.72. The third kappa shape index (κ3) is 4.57. The molecule has 0 bridgehead atoms. The van der Waals surface area contributed by atoms with Gasteiger partial charge in [-0.05, 0) is 32.0 Å². The number of hydrogen-bond donors (Lipinski definition) is 0. The molecule has 0 saturated carbocycles. The van der Waals surface area contributed by atoms with Crippen molar-refractivity contribution < 1.29 is 9.53 Å². The first-order valence-electron chi connectivity index (χ1n) is 7.84. The van der Waals surface area contributed by atoms with E-state index in [-0.39, 0.29) is 11.7 Å². The Morgan fingerprint density at radius 1 is 1.50 bits per heavy atom. The fourth-order valence-electron chi connectivity index (χ4n) is 2.63. The van der Waals surface area contributed by atoms with Gasteiger partial charge in [0.15, 0.2) is 5.78 Å². The second-order valence-electron chi connectivity index (χ2n) is 5.99. The Bertz CT molecular complexity index is 562. The van der Waals surface area contributed by atoms with Gasteiger partial charge in [0, 0.05) is 24.6 Å². The van der Waals surface area contributed by atoms with Crippen LogP contribution in [0, 0.1) is 5.92 Å². The lowest BCUT2D eigenvalue weighted by atomic mass is 9.96. The first kappa shape index (κ1) is 16.5. The highest BCUT2D eigenvalue weighted by Gasteiger charge is 2.18. The highest BCUT2D eigenvalue weighted by Crippen LogP contribution is 2.20. The van der Waals surface area contributed by atoms with E-state index in [2.05, 4.69) is 24.6 Å². The summed E-state index contributed by atoms with van der Waals surface area (Å²) in [6.45, 7) is 7.81. The summed E-state index contributed by atoms with van der Waals surface area (Å²) in [5.41, 5.74) is 2.20. The second kappa shape index (κ2) is 7.95. The van der Waals surface area contributed by atoms with E-state index in [0.717, 1.165) is 13.1 Å². The molecule has 0 radical (unpaired) electrons. The number of carbonyl (C=O) groups excluding carboxylic acids is 1. The summed E-state index contributed by atoms with van der Waals surface area (Å²) >= 11 is 0. The number of carbonyl (C=O) groups is 1. The Labute approximate surface area is 133 Å². The van der Waals surface area contributed by atoms with Gasteiger partial charge in [0.05, 0.1) is 0 Å². The van der Waals surface area contributed by atoms with Gasteiger partial charge in [-0.2, -0.15) is 0 Å². The normalized spacial score (nSPS) is 15.0. The summed E-state index contributed by atoms with van der Waals surface area (Å²) in [5, 5.41) is 0. The quantitative estimate of drug-likeness (QED) is 0.514. The van der Waals surface area contributed by atoms with Crippen molar-refractivity contribution in [3.63, 3.8) is 0 Å². The van der Waals surface area contributed by atoms with Crippen LogP contribution >= 0.6 is 0 Å². The maximum absolute atomic E-state index is 12.6. The zero-order valence-electron chi connectivity index (χ0n) is 13.5. The molecule has 1 aliphatic rings. The Hall–Kier alpha value is -1.87. The van der Waals surface area contributed by atoms with Crippen LogP contribution in [-0.2, 0) is 0 Å². The molecule has 0 aliphatic heterocycles. The molecule has 118 valence electrons. The lowest BCUT2D eigenvalue weighted by Gasteiger charge is -2.24. The average Bonchev–Trinajstić information content (AvgIpc) is 2.48. The molecule has 0 heterocycles. The summed E-state index contributed by atoms with van der Waals surface area (Å²) in [7, 11) is 2.08. The van der Waals surface area contributed by atoms with Gasteiger partial charge >= 0.3 is 0 Å².